The van der Waals surface area contributed by atoms with E-state index < -0.39 is 17.7 Å². The summed E-state index contributed by atoms with van der Waals surface area (Å²) in [6, 6.07) is 8.51. The van der Waals surface area contributed by atoms with E-state index in [4.69, 9.17) is 14.6 Å². The number of carboxylic acid groups (broad SMARTS) is 1. The Morgan fingerprint density at radius 2 is 1.92 bits per heavy atom. The summed E-state index contributed by atoms with van der Waals surface area (Å²) < 4.78 is 24.0. The van der Waals surface area contributed by atoms with E-state index in [0.29, 0.717) is 24.5 Å². The van der Waals surface area contributed by atoms with Gasteiger partial charge in [-0.25, -0.2) is 9.18 Å². The van der Waals surface area contributed by atoms with Crippen LogP contribution >= 0.6 is 0 Å². The Balaban J connectivity index is 2.09. The number of methoxy groups -OCH3 is 1. The Morgan fingerprint density at radius 3 is 2.58 bits per heavy atom. The second kappa shape index (κ2) is 9.07. The standard InChI is InChI=1S/C19H20FNO5/c1-12-9-15(4-5-16(12)19(23)24)21-18(22)13-3-6-17(20)14(10-13)11-26-8-7-25-2/h3-6,9-10H,7-8,11H2,1-2H3,(H,21,22)(H,23,24). The monoisotopic (exact) mass is 361 g/mol. The molecule has 2 aromatic carbocycles. The van der Waals surface area contributed by atoms with Crippen molar-refractivity contribution in [1.29, 1.82) is 0 Å². The Hall–Kier alpha value is -2.77. The maximum absolute atomic E-state index is 13.8. The number of carbonyl (C=O) groups is 2. The summed E-state index contributed by atoms with van der Waals surface area (Å²) in [6.07, 6.45) is 0. The number of aromatic carboxylic acids is 1. The van der Waals surface area contributed by atoms with Gasteiger partial charge < -0.3 is 19.9 Å². The van der Waals surface area contributed by atoms with Crippen molar-refractivity contribution in [2.75, 3.05) is 25.6 Å². The summed E-state index contributed by atoms with van der Waals surface area (Å²) in [5.41, 5.74) is 1.70. The van der Waals surface area contributed by atoms with E-state index in [-0.39, 0.29) is 23.3 Å². The summed E-state index contributed by atoms with van der Waals surface area (Å²) in [5.74, 6) is -1.91. The number of carbonyl (C=O) groups excluding carboxylic acids is 1. The first-order chi connectivity index (χ1) is 12.4. The van der Waals surface area contributed by atoms with Crippen LogP contribution < -0.4 is 5.32 Å². The molecule has 7 heteroatoms. The van der Waals surface area contributed by atoms with Gasteiger partial charge in [0.1, 0.15) is 5.82 Å². The van der Waals surface area contributed by atoms with Crippen LogP contribution in [-0.2, 0) is 16.1 Å². The molecule has 0 aliphatic rings. The zero-order chi connectivity index (χ0) is 19.1. The largest absolute Gasteiger partial charge is 0.478 e. The van der Waals surface area contributed by atoms with Gasteiger partial charge >= 0.3 is 5.97 Å². The van der Waals surface area contributed by atoms with Crippen molar-refractivity contribution in [2.45, 2.75) is 13.5 Å². The van der Waals surface area contributed by atoms with Crippen LogP contribution in [0.25, 0.3) is 0 Å². The van der Waals surface area contributed by atoms with Crippen LogP contribution in [0.5, 0.6) is 0 Å². The number of nitrogens with one attached hydrogen (secondary N) is 1. The van der Waals surface area contributed by atoms with Gasteiger partial charge in [-0.3, -0.25) is 4.79 Å². The molecule has 0 bridgehead atoms. The summed E-state index contributed by atoms with van der Waals surface area (Å²) in [7, 11) is 1.54. The van der Waals surface area contributed by atoms with E-state index in [1.54, 1.807) is 20.1 Å². The highest BCUT2D eigenvalue weighted by molar-refractivity contribution is 6.04. The van der Waals surface area contributed by atoms with E-state index in [1.807, 2.05) is 0 Å². The van der Waals surface area contributed by atoms with Crippen molar-refractivity contribution in [3.05, 3.63) is 64.5 Å². The summed E-state index contributed by atoms with van der Waals surface area (Å²) in [6.45, 7) is 2.39. The van der Waals surface area contributed by atoms with Crippen molar-refractivity contribution in [3.63, 3.8) is 0 Å². The lowest BCUT2D eigenvalue weighted by molar-refractivity contribution is 0.0604. The minimum absolute atomic E-state index is 0.0305. The van der Waals surface area contributed by atoms with Crippen LogP contribution in [0.4, 0.5) is 10.1 Å². The van der Waals surface area contributed by atoms with Gasteiger partial charge in [-0.2, -0.15) is 0 Å². The third kappa shape index (κ3) is 5.11. The van der Waals surface area contributed by atoms with Gasteiger partial charge in [-0.05, 0) is 48.9 Å². The number of hydrogen-bond acceptors (Lipinski definition) is 4. The van der Waals surface area contributed by atoms with Crippen molar-refractivity contribution >= 4 is 17.6 Å². The molecule has 0 aliphatic carbocycles. The number of aryl methyl sites for hydroxylation is 1. The van der Waals surface area contributed by atoms with Crippen LogP contribution in [0.15, 0.2) is 36.4 Å². The molecule has 0 unspecified atom stereocenters. The third-order valence-corrected chi connectivity index (χ3v) is 3.71. The zero-order valence-electron chi connectivity index (χ0n) is 14.5. The molecule has 0 spiro atoms. The van der Waals surface area contributed by atoms with Gasteiger partial charge in [0.25, 0.3) is 5.91 Å². The first kappa shape index (κ1) is 19.6. The Labute approximate surface area is 150 Å². The molecule has 0 heterocycles. The smallest absolute Gasteiger partial charge is 0.335 e. The Morgan fingerprint density at radius 1 is 1.15 bits per heavy atom. The van der Waals surface area contributed by atoms with E-state index in [2.05, 4.69) is 5.32 Å². The molecule has 0 fully saturated rings. The maximum Gasteiger partial charge on any atom is 0.335 e. The lowest BCUT2D eigenvalue weighted by atomic mass is 10.1. The normalized spacial score (nSPS) is 10.6. The van der Waals surface area contributed by atoms with Gasteiger partial charge in [0.2, 0.25) is 0 Å². The minimum Gasteiger partial charge on any atom is -0.478 e. The molecule has 6 nitrogen and oxygen atoms in total. The molecule has 2 rings (SSSR count). The van der Waals surface area contributed by atoms with Crippen LogP contribution in [0.3, 0.4) is 0 Å². The number of ether oxygens (including phenoxy) is 2. The topological polar surface area (TPSA) is 84.9 Å². The number of benzene rings is 2. The predicted octanol–water partition coefficient (Wildman–Crippen LogP) is 3.25. The molecule has 0 aromatic heterocycles. The summed E-state index contributed by atoms with van der Waals surface area (Å²) in [4.78, 5) is 23.4. The average Bonchev–Trinajstić information content (AvgIpc) is 2.59. The van der Waals surface area contributed by atoms with Crippen molar-refractivity contribution in [2.24, 2.45) is 0 Å². The molecule has 0 aliphatic heterocycles. The number of rotatable bonds is 8. The molecule has 0 radical (unpaired) electrons. The Kier molecular flexibility index (Phi) is 6.82. The molecule has 26 heavy (non-hydrogen) atoms. The van der Waals surface area contributed by atoms with Gasteiger partial charge in [0.05, 0.1) is 25.4 Å². The van der Waals surface area contributed by atoms with E-state index in [9.17, 15) is 14.0 Å². The first-order valence-electron chi connectivity index (χ1n) is 7.92. The van der Waals surface area contributed by atoms with Gasteiger partial charge in [-0.1, -0.05) is 0 Å². The number of halogens is 1. The second-order valence-corrected chi connectivity index (χ2v) is 5.64. The molecule has 2 N–H and O–H groups in total. The van der Waals surface area contributed by atoms with Gasteiger partial charge in [0, 0.05) is 23.9 Å². The average molecular weight is 361 g/mol. The molecular weight excluding hydrogens is 341 g/mol. The number of hydrogen-bond donors (Lipinski definition) is 2. The van der Waals surface area contributed by atoms with Crippen molar-refractivity contribution < 1.29 is 28.6 Å². The highest BCUT2D eigenvalue weighted by Gasteiger charge is 2.12. The SMILES string of the molecule is COCCOCc1cc(C(=O)Nc2ccc(C(=O)O)c(C)c2)ccc1F. The molecule has 138 valence electrons. The highest BCUT2D eigenvalue weighted by atomic mass is 19.1. The fourth-order valence-electron chi connectivity index (χ4n) is 2.34. The second-order valence-electron chi connectivity index (χ2n) is 5.64. The minimum atomic E-state index is -1.03. The van der Waals surface area contributed by atoms with Crippen LogP contribution in [0.2, 0.25) is 0 Å². The molecular formula is C19H20FNO5. The van der Waals surface area contributed by atoms with E-state index >= 15 is 0 Å². The third-order valence-electron chi connectivity index (χ3n) is 3.71. The molecule has 0 saturated heterocycles. The number of anilines is 1. The highest BCUT2D eigenvalue weighted by Crippen LogP contribution is 2.18. The predicted molar refractivity (Wildman–Crippen MR) is 94.0 cm³/mol. The lowest BCUT2D eigenvalue weighted by Crippen LogP contribution is -2.13. The van der Waals surface area contributed by atoms with Gasteiger partial charge in [-0.15, -0.1) is 0 Å². The number of amides is 1. The fourth-order valence-corrected chi connectivity index (χ4v) is 2.34. The first-order valence-corrected chi connectivity index (χ1v) is 7.92. The van der Waals surface area contributed by atoms with Gasteiger partial charge in [0.15, 0.2) is 0 Å². The molecule has 2 aromatic rings. The molecule has 0 atom stereocenters. The zero-order valence-corrected chi connectivity index (χ0v) is 14.5. The summed E-state index contributed by atoms with van der Waals surface area (Å²) in [5, 5.41) is 11.7. The van der Waals surface area contributed by atoms with Crippen LogP contribution in [-0.4, -0.2) is 37.3 Å². The number of carboxylic acids is 1. The maximum atomic E-state index is 13.8. The van der Waals surface area contributed by atoms with Crippen molar-refractivity contribution in [3.8, 4) is 0 Å². The van der Waals surface area contributed by atoms with E-state index in [0.717, 1.165) is 0 Å². The fraction of sp³-hybridized carbons (Fsp3) is 0.263. The van der Waals surface area contributed by atoms with Crippen molar-refractivity contribution in [1.82, 2.24) is 0 Å². The lowest BCUT2D eigenvalue weighted by Gasteiger charge is -2.10. The Bertz CT molecular complexity index is 807. The van der Waals surface area contributed by atoms with E-state index in [1.165, 1.54) is 30.3 Å². The van der Waals surface area contributed by atoms with Crippen LogP contribution in [0, 0.1) is 12.7 Å². The quantitative estimate of drug-likeness (QED) is 0.705. The molecule has 1 amide bonds. The summed E-state index contributed by atoms with van der Waals surface area (Å²) >= 11 is 0. The molecule has 0 saturated carbocycles. The van der Waals surface area contributed by atoms with Crippen LogP contribution in [0.1, 0.15) is 31.8 Å².